The Morgan fingerprint density at radius 2 is 1.82 bits per heavy atom. The monoisotopic (exact) mass is 240 g/mol. The number of phenols is 1. The van der Waals surface area contributed by atoms with Gasteiger partial charge in [0.05, 0.1) is 14.2 Å². The number of hydrogen-bond acceptors (Lipinski definition) is 4. The molecule has 0 aliphatic rings. The van der Waals surface area contributed by atoms with E-state index >= 15 is 0 Å². The molecule has 0 aromatic heterocycles. The SMILES string of the molecule is COc1cc(O)c(C(C)(C)CCO)c(OC)c1. The maximum atomic E-state index is 10.1. The standard InChI is InChI=1S/C13H20O4/c1-13(2,5-6-14)12-10(15)7-9(16-3)8-11(12)17-4/h7-8,14-15H,5-6H2,1-4H3. The second kappa shape index (κ2) is 5.27. The Hall–Kier alpha value is -1.42. The fourth-order valence-corrected chi connectivity index (χ4v) is 1.94. The summed E-state index contributed by atoms with van der Waals surface area (Å²) in [4.78, 5) is 0. The van der Waals surface area contributed by atoms with Gasteiger partial charge >= 0.3 is 0 Å². The Morgan fingerprint density at radius 1 is 1.18 bits per heavy atom. The summed E-state index contributed by atoms with van der Waals surface area (Å²) in [7, 11) is 3.08. The van der Waals surface area contributed by atoms with E-state index < -0.39 is 0 Å². The van der Waals surface area contributed by atoms with Crippen LogP contribution in [0.5, 0.6) is 17.2 Å². The van der Waals surface area contributed by atoms with Crippen LogP contribution in [-0.2, 0) is 5.41 Å². The Labute approximate surface area is 102 Å². The van der Waals surface area contributed by atoms with Gasteiger partial charge < -0.3 is 19.7 Å². The molecular formula is C13H20O4. The van der Waals surface area contributed by atoms with Gasteiger partial charge in [0.25, 0.3) is 0 Å². The molecule has 0 heterocycles. The lowest BCUT2D eigenvalue weighted by Gasteiger charge is -2.27. The summed E-state index contributed by atoms with van der Waals surface area (Å²) < 4.78 is 10.4. The number of benzene rings is 1. The lowest BCUT2D eigenvalue weighted by molar-refractivity contribution is 0.246. The van der Waals surface area contributed by atoms with Gasteiger partial charge in [-0.25, -0.2) is 0 Å². The minimum atomic E-state index is -0.365. The maximum absolute atomic E-state index is 10.1. The molecule has 1 aromatic carbocycles. The summed E-state index contributed by atoms with van der Waals surface area (Å²) in [5.74, 6) is 1.24. The van der Waals surface area contributed by atoms with E-state index in [1.165, 1.54) is 7.11 Å². The Kier molecular flexibility index (Phi) is 4.23. The first-order chi connectivity index (χ1) is 7.96. The maximum Gasteiger partial charge on any atom is 0.129 e. The van der Waals surface area contributed by atoms with Crippen molar-refractivity contribution in [1.82, 2.24) is 0 Å². The zero-order chi connectivity index (χ0) is 13.1. The molecular weight excluding hydrogens is 220 g/mol. The highest BCUT2D eigenvalue weighted by molar-refractivity contribution is 5.53. The Morgan fingerprint density at radius 3 is 2.29 bits per heavy atom. The summed E-state index contributed by atoms with van der Waals surface area (Å²) >= 11 is 0. The predicted molar refractivity (Wildman–Crippen MR) is 65.9 cm³/mol. The third-order valence-electron chi connectivity index (χ3n) is 2.92. The first-order valence-electron chi connectivity index (χ1n) is 5.52. The van der Waals surface area contributed by atoms with Crippen LogP contribution >= 0.6 is 0 Å². The van der Waals surface area contributed by atoms with Gasteiger partial charge in [-0.05, 0) is 11.8 Å². The van der Waals surface area contributed by atoms with Crippen molar-refractivity contribution in [3.8, 4) is 17.2 Å². The highest BCUT2D eigenvalue weighted by atomic mass is 16.5. The third kappa shape index (κ3) is 2.82. The van der Waals surface area contributed by atoms with Gasteiger partial charge in [0.15, 0.2) is 0 Å². The number of aliphatic hydroxyl groups is 1. The summed E-state index contributed by atoms with van der Waals surface area (Å²) in [6.45, 7) is 3.96. The fraction of sp³-hybridized carbons (Fsp3) is 0.538. The highest BCUT2D eigenvalue weighted by Gasteiger charge is 2.28. The smallest absolute Gasteiger partial charge is 0.129 e. The molecule has 0 unspecified atom stereocenters. The van der Waals surface area contributed by atoms with Crippen molar-refractivity contribution in [1.29, 1.82) is 0 Å². The second-order valence-corrected chi connectivity index (χ2v) is 4.58. The van der Waals surface area contributed by atoms with E-state index in [-0.39, 0.29) is 17.8 Å². The van der Waals surface area contributed by atoms with Crippen LogP contribution in [0.2, 0.25) is 0 Å². The zero-order valence-electron chi connectivity index (χ0n) is 10.8. The van der Waals surface area contributed by atoms with Crippen LogP contribution in [0.4, 0.5) is 0 Å². The third-order valence-corrected chi connectivity index (χ3v) is 2.92. The van der Waals surface area contributed by atoms with Crippen LogP contribution in [0, 0.1) is 0 Å². The van der Waals surface area contributed by atoms with Crippen LogP contribution in [0.15, 0.2) is 12.1 Å². The van der Waals surface area contributed by atoms with Gasteiger partial charge in [0.2, 0.25) is 0 Å². The van der Waals surface area contributed by atoms with Crippen LogP contribution < -0.4 is 9.47 Å². The molecule has 0 spiro atoms. The van der Waals surface area contributed by atoms with Crippen LogP contribution in [0.25, 0.3) is 0 Å². The average Bonchev–Trinajstić information content (AvgIpc) is 2.27. The Bertz CT molecular complexity index is 385. The van der Waals surface area contributed by atoms with Crippen LogP contribution in [0.1, 0.15) is 25.8 Å². The van der Waals surface area contributed by atoms with Crippen molar-refractivity contribution < 1.29 is 19.7 Å². The van der Waals surface area contributed by atoms with E-state index in [0.29, 0.717) is 23.5 Å². The van der Waals surface area contributed by atoms with Gasteiger partial charge in [-0.15, -0.1) is 0 Å². The van der Waals surface area contributed by atoms with E-state index in [9.17, 15) is 5.11 Å². The van der Waals surface area contributed by atoms with Gasteiger partial charge in [-0.2, -0.15) is 0 Å². The van der Waals surface area contributed by atoms with E-state index in [0.717, 1.165) is 0 Å². The molecule has 0 amide bonds. The molecule has 0 atom stereocenters. The Balaban J connectivity index is 3.31. The lowest BCUT2D eigenvalue weighted by atomic mass is 9.80. The van der Waals surface area contributed by atoms with E-state index in [1.807, 2.05) is 13.8 Å². The minimum Gasteiger partial charge on any atom is -0.507 e. The molecule has 0 radical (unpaired) electrons. The minimum absolute atomic E-state index is 0.0572. The van der Waals surface area contributed by atoms with Gasteiger partial charge in [0, 0.05) is 24.3 Å². The first-order valence-corrected chi connectivity index (χ1v) is 5.52. The number of aromatic hydroxyl groups is 1. The van der Waals surface area contributed by atoms with Crippen molar-refractivity contribution in [3.05, 3.63) is 17.7 Å². The molecule has 4 nitrogen and oxygen atoms in total. The van der Waals surface area contributed by atoms with Crippen LogP contribution in [0.3, 0.4) is 0 Å². The molecule has 17 heavy (non-hydrogen) atoms. The summed E-state index contributed by atoms with van der Waals surface area (Å²) in [5, 5.41) is 19.1. The number of ether oxygens (including phenoxy) is 2. The molecule has 2 N–H and O–H groups in total. The van der Waals surface area contributed by atoms with Crippen LogP contribution in [-0.4, -0.2) is 31.0 Å². The van der Waals surface area contributed by atoms with E-state index in [1.54, 1.807) is 19.2 Å². The average molecular weight is 240 g/mol. The number of hydrogen-bond donors (Lipinski definition) is 2. The molecule has 0 saturated carbocycles. The highest BCUT2D eigenvalue weighted by Crippen LogP contribution is 2.42. The molecule has 96 valence electrons. The fourth-order valence-electron chi connectivity index (χ4n) is 1.94. The summed E-state index contributed by atoms with van der Waals surface area (Å²) in [6.07, 6.45) is 0.545. The topological polar surface area (TPSA) is 58.9 Å². The largest absolute Gasteiger partial charge is 0.507 e. The van der Waals surface area contributed by atoms with E-state index in [4.69, 9.17) is 14.6 Å². The predicted octanol–water partition coefficient (Wildman–Crippen LogP) is 2.07. The summed E-state index contributed by atoms with van der Waals surface area (Å²) in [6, 6.07) is 3.28. The molecule has 0 aliphatic carbocycles. The van der Waals surface area contributed by atoms with Gasteiger partial charge in [-0.3, -0.25) is 0 Å². The molecule has 0 saturated heterocycles. The molecule has 0 fully saturated rings. The first kappa shape index (κ1) is 13.6. The molecule has 0 aliphatic heterocycles. The van der Waals surface area contributed by atoms with E-state index in [2.05, 4.69) is 0 Å². The second-order valence-electron chi connectivity index (χ2n) is 4.58. The quantitative estimate of drug-likeness (QED) is 0.827. The van der Waals surface area contributed by atoms with Crippen molar-refractivity contribution in [2.75, 3.05) is 20.8 Å². The lowest BCUT2D eigenvalue weighted by Crippen LogP contribution is -2.20. The number of rotatable bonds is 5. The summed E-state index contributed by atoms with van der Waals surface area (Å²) in [5.41, 5.74) is 0.325. The molecule has 4 heteroatoms. The van der Waals surface area contributed by atoms with Crippen molar-refractivity contribution in [2.24, 2.45) is 0 Å². The molecule has 1 aromatic rings. The number of phenolic OH excluding ortho intramolecular Hbond substituents is 1. The van der Waals surface area contributed by atoms with Crippen molar-refractivity contribution in [3.63, 3.8) is 0 Å². The van der Waals surface area contributed by atoms with Gasteiger partial charge in [-0.1, -0.05) is 13.8 Å². The molecule has 1 rings (SSSR count). The van der Waals surface area contributed by atoms with Crippen molar-refractivity contribution >= 4 is 0 Å². The van der Waals surface area contributed by atoms with Gasteiger partial charge in [0.1, 0.15) is 17.2 Å². The van der Waals surface area contributed by atoms with Crippen molar-refractivity contribution in [2.45, 2.75) is 25.7 Å². The number of aliphatic hydroxyl groups excluding tert-OH is 1. The zero-order valence-corrected chi connectivity index (χ0v) is 10.8. The normalized spacial score (nSPS) is 11.4. The molecule has 0 bridgehead atoms. The number of methoxy groups -OCH3 is 2.